The van der Waals surface area contributed by atoms with E-state index in [-0.39, 0.29) is 97.2 Å². The molecule has 4 aromatic rings. The van der Waals surface area contributed by atoms with Gasteiger partial charge in [-0.25, -0.2) is 0 Å². The van der Waals surface area contributed by atoms with Gasteiger partial charge in [0.25, 0.3) is 0 Å². The van der Waals surface area contributed by atoms with Gasteiger partial charge in [-0.1, -0.05) is 0 Å². The van der Waals surface area contributed by atoms with Crippen LogP contribution in [0.4, 0.5) is 0 Å². The minimum Gasteiger partial charge on any atom is 2.00 e. The molecule has 0 aromatic heterocycles. The zero-order valence-corrected chi connectivity index (χ0v) is 46.7. The van der Waals surface area contributed by atoms with E-state index < -0.39 is 27.7 Å². The summed E-state index contributed by atoms with van der Waals surface area (Å²) in [7, 11) is -10.1. The van der Waals surface area contributed by atoms with E-state index >= 15 is 0 Å². The van der Waals surface area contributed by atoms with Gasteiger partial charge in [0, 0.05) is 0 Å². The molecule has 0 atom stereocenters. The molecule has 59 heavy (non-hydrogen) atoms. The van der Waals surface area contributed by atoms with Crippen molar-refractivity contribution >= 4 is 15.9 Å². The first-order chi connectivity index (χ1) is 25.3. The molecule has 0 aliphatic heterocycles. The molecule has 0 amide bonds. The third-order valence-corrected chi connectivity index (χ3v) is 12.6. The van der Waals surface area contributed by atoms with Crippen molar-refractivity contribution in [3.05, 3.63) is 140 Å². The predicted octanol–water partition coefficient (Wildman–Crippen LogP) is 7.20. The summed E-state index contributed by atoms with van der Waals surface area (Å²) in [4.78, 5) is 72.2. The van der Waals surface area contributed by atoms with Crippen LogP contribution in [-0.4, -0.2) is 12.3 Å². The Kier molecular flexibility index (Phi) is 21.8. The van der Waals surface area contributed by atoms with Crippen LogP contribution in [0.15, 0.2) is 72.8 Å². The Morgan fingerprint density at radius 2 is 0.525 bits per heavy atom. The summed E-state index contributed by atoms with van der Waals surface area (Å²) in [5, 5.41) is 0. The fourth-order valence-electron chi connectivity index (χ4n) is 8.39. The van der Waals surface area contributed by atoms with E-state index in [1.54, 1.807) is 0 Å². The Morgan fingerprint density at radius 1 is 0.356 bits per heavy atom. The Morgan fingerprint density at radius 3 is 0.661 bits per heavy atom. The van der Waals surface area contributed by atoms with Crippen LogP contribution < -0.4 is 29.4 Å². The summed E-state index contributed by atoms with van der Waals surface area (Å²) < 4.78 is 0. The van der Waals surface area contributed by atoms with Gasteiger partial charge in [0.2, 0.25) is 0 Å². The number of benzene rings is 4. The smallest absolute Gasteiger partial charge is 2.00 e. The second-order valence-corrected chi connectivity index (χ2v) is 23.6. The molecule has 4 rings (SSSR count). The Hall–Kier alpha value is -0.435. The fourth-order valence-corrected chi connectivity index (χ4v) is 10.2. The zero-order chi connectivity index (χ0) is 43.0. The van der Waals surface area contributed by atoms with E-state index in [4.69, 9.17) is 0 Å². The van der Waals surface area contributed by atoms with Crippen LogP contribution in [0.5, 0.6) is 0 Å². The SMILES string of the molecule is Cc1cccc(C(C)(C)C)c1C(C[PH]([O-])([O-])[O-])c1c(C)cccc1C(C)(C)C.Cc1cccc(C(C)(C)C)c1C(C[PH]([O-])([O-])[O-])c1c(C)cccc1C(C)(C)C.[Pt+2].[Pt+2].[Pt+2]. The van der Waals surface area contributed by atoms with Gasteiger partial charge in [-0.05, 0) is 0 Å². The maximum atomic E-state index is 12.0. The first-order valence-corrected chi connectivity index (χ1v) is 23.7. The molecule has 0 saturated heterocycles. The van der Waals surface area contributed by atoms with Gasteiger partial charge in [0.1, 0.15) is 0 Å². The second kappa shape index (κ2) is 22.0. The van der Waals surface area contributed by atoms with E-state index in [1.807, 2.05) is 76.2 Å². The molecule has 11 heteroatoms. The van der Waals surface area contributed by atoms with Crippen molar-refractivity contribution in [2.24, 2.45) is 0 Å². The summed E-state index contributed by atoms with van der Waals surface area (Å²) in [6.45, 7) is 33.6. The van der Waals surface area contributed by atoms with Gasteiger partial charge in [0.05, 0.1) is 0 Å². The maximum Gasteiger partial charge on any atom is 2.00 e. The second-order valence-electron chi connectivity index (χ2n) is 20.0. The van der Waals surface area contributed by atoms with Crippen LogP contribution in [0.1, 0.15) is 162 Å². The zero-order valence-electron chi connectivity index (χ0n) is 37.9. The number of hydrogen-bond donors (Lipinski definition) is 0. The van der Waals surface area contributed by atoms with Crippen LogP contribution in [0, 0.1) is 27.7 Å². The van der Waals surface area contributed by atoms with Crippen LogP contribution in [0.3, 0.4) is 0 Å². The van der Waals surface area contributed by atoms with Crippen molar-refractivity contribution in [2.75, 3.05) is 12.3 Å². The first kappa shape index (κ1) is 58.6. The molecule has 0 bridgehead atoms. The third-order valence-electron chi connectivity index (χ3n) is 10.8. The molecular formula is C48H68O6P2Pt3. The fraction of sp³-hybridized carbons (Fsp3) is 0.500. The summed E-state index contributed by atoms with van der Waals surface area (Å²) in [6.07, 6.45) is -0.760. The molecule has 0 fully saturated rings. The summed E-state index contributed by atoms with van der Waals surface area (Å²) in [5.41, 5.74) is 11.8. The monoisotopic (exact) mass is 1390 g/mol. The van der Waals surface area contributed by atoms with Crippen molar-refractivity contribution in [1.29, 1.82) is 0 Å². The maximum absolute atomic E-state index is 12.0. The first-order valence-electron chi connectivity index (χ1n) is 19.9. The summed E-state index contributed by atoms with van der Waals surface area (Å²) in [5.74, 6) is -0.935. The standard InChI is InChI=1S/2C24H34O3P.3Pt/c2*1-16-11-9-13-19(23(3,4)5)21(16)18(15-28(25,26)27)22-17(2)12-10-14-20(22)24(6,7)8;;;/h2*9-14,18,28H,15H2,1-8H3;;;/q2*-3;3*+2. The molecule has 0 spiro atoms. The minimum absolute atomic E-state index is 0. The molecule has 0 heterocycles. The molecule has 6 nitrogen and oxygen atoms in total. The predicted molar refractivity (Wildman–Crippen MR) is 230 cm³/mol. The van der Waals surface area contributed by atoms with Crippen LogP contribution in [0.2, 0.25) is 0 Å². The molecule has 4 aromatic carbocycles. The van der Waals surface area contributed by atoms with E-state index in [1.165, 1.54) is 0 Å². The number of rotatable bonds is 8. The number of aryl methyl sites for hydroxylation is 4. The largest absolute Gasteiger partial charge is 2.00 e. The van der Waals surface area contributed by atoms with Gasteiger partial charge >= 0.3 is 405 Å². The number of hydrogen-bond acceptors (Lipinski definition) is 6. The normalized spacial score (nSPS) is 13.2. The quantitative estimate of drug-likeness (QED) is 0.171. The Balaban J connectivity index is 0.00000109. The Bertz CT molecular complexity index is 1710. The van der Waals surface area contributed by atoms with Gasteiger partial charge < -0.3 is 0 Å². The van der Waals surface area contributed by atoms with Gasteiger partial charge in [-0.2, -0.15) is 0 Å². The third kappa shape index (κ3) is 15.9. The van der Waals surface area contributed by atoms with Crippen molar-refractivity contribution in [3.8, 4) is 0 Å². The van der Waals surface area contributed by atoms with Crippen LogP contribution >= 0.6 is 15.9 Å². The van der Waals surface area contributed by atoms with Crippen LogP contribution in [-0.2, 0) is 84.9 Å². The molecule has 336 valence electrons. The molecule has 0 unspecified atom stereocenters. The van der Waals surface area contributed by atoms with E-state index in [0.29, 0.717) is 0 Å². The molecule has 0 aliphatic carbocycles. The minimum atomic E-state index is -5.05. The Labute approximate surface area is 401 Å². The van der Waals surface area contributed by atoms with Crippen molar-refractivity contribution in [1.82, 2.24) is 0 Å². The van der Waals surface area contributed by atoms with Crippen molar-refractivity contribution < 1.29 is 92.6 Å². The van der Waals surface area contributed by atoms with E-state index in [9.17, 15) is 29.4 Å². The van der Waals surface area contributed by atoms with E-state index in [0.717, 1.165) is 66.8 Å². The summed E-state index contributed by atoms with van der Waals surface area (Å²) >= 11 is 0. The average molecular weight is 1390 g/mol. The van der Waals surface area contributed by atoms with Crippen molar-refractivity contribution in [2.45, 2.75) is 144 Å². The van der Waals surface area contributed by atoms with E-state index in [2.05, 4.69) is 107 Å². The summed E-state index contributed by atoms with van der Waals surface area (Å²) in [6, 6.07) is 24.3. The van der Waals surface area contributed by atoms with Crippen molar-refractivity contribution in [3.63, 3.8) is 0 Å². The molecular weight excluding hydrogens is 1320 g/mol. The average Bonchev–Trinajstić information content (AvgIpc) is 3.00. The molecule has 0 saturated carbocycles. The molecule has 0 radical (unpaired) electrons. The van der Waals surface area contributed by atoms with Gasteiger partial charge in [-0.3, -0.25) is 0 Å². The van der Waals surface area contributed by atoms with Crippen LogP contribution in [0.25, 0.3) is 0 Å². The van der Waals surface area contributed by atoms with Gasteiger partial charge in [0.15, 0.2) is 0 Å². The topological polar surface area (TPSA) is 138 Å². The molecule has 0 N–H and O–H groups in total. The van der Waals surface area contributed by atoms with Gasteiger partial charge in [-0.15, -0.1) is 0 Å². The molecule has 0 aliphatic rings.